The van der Waals surface area contributed by atoms with Gasteiger partial charge in [-0.05, 0) is 11.8 Å². The van der Waals surface area contributed by atoms with Crippen LogP contribution in [0.2, 0.25) is 0 Å². The molecule has 0 radical (unpaired) electrons. The fourth-order valence-electron chi connectivity index (χ4n) is 1.30. The molecule has 0 saturated heterocycles. The van der Waals surface area contributed by atoms with E-state index in [0.29, 0.717) is 12.2 Å². The summed E-state index contributed by atoms with van der Waals surface area (Å²) in [6.45, 7) is 3.51. The summed E-state index contributed by atoms with van der Waals surface area (Å²) in [6.07, 6.45) is 1.52. The number of rotatable bonds is 5. The van der Waals surface area contributed by atoms with Crippen molar-refractivity contribution in [2.24, 2.45) is 0 Å². The van der Waals surface area contributed by atoms with Crippen molar-refractivity contribution in [1.29, 1.82) is 0 Å². The summed E-state index contributed by atoms with van der Waals surface area (Å²) >= 11 is 0. The third-order valence-electron chi connectivity index (χ3n) is 2.35. The number of imidazole rings is 1. The van der Waals surface area contributed by atoms with Gasteiger partial charge in [0, 0.05) is 13.3 Å². The molecule has 0 aromatic carbocycles. The molecule has 1 aromatic rings. The van der Waals surface area contributed by atoms with Gasteiger partial charge in [-0.15, -0.1) is 0 Å². The highest BCUT2D eigenvalue weighted by atomic mass is 32.2. The zero-order valence-corrected chi connectivity index (χ0v) is 9.89. The summed E-state index contributed by atoms with van der Waals surface area (Å²) in [6, 6.07) is 0. The molecule has 1 rings (SSSR count). The molecular formula is C8H13N3O4S. The van der Waals surface area contributed by atoms with Gasteiger partial charge in [0.1, 0.15) is 16.9 Å². The molecule has 0 spiro atoms. The molecule has 1 atom stereocenters. The van der Waals surface area contributed by atoms with Crippen molar-refractivity contribution in [2.45, 2.75) is 32.1 Å². The quantitative estimate of drug-likeness (QED) is 0.464. The molecule has 7 nitrogen and oxygen atoms in total. The van der Waals surface area contributed by atoms with Crippen molar-refractivity contribution in [3.05, 3.63) is 22.1 Å². The van der Waals surface area contributed by atoms with Crippen molar-refractivity contribution in [1.82, 2.24) is 9.55 Å². The number of hydrogen-bond donors (Lipinski definition) is 1. The van der Waals surface area contributed by atoms with Crippen molar-refractivity contribution in [2.75, 3.05) is 0 Å². The van der Waals surface area contributed by atoms with Gasteiger partial charge in [0.05, 0.1) is 11.8 Å². The smallest absolute Gasteiger partial charge is 0.342 e. The Morgan fingerprint density at radius 2 is 2.25 bits per heavy atom. The summed E-state index contributed by atoms with van der Waals surface area (Å²) in [4.78, 5) is 13.9. The molecule has 0 N–H and O–H groups in total. The summed E-state index contributed by atoms with van der Waals surface area (Å²) < 4.78 is 22.7. The molecule has 0 amide bonds. The summed E-state index contributed by atoms with van der Waals surface area (Å²) in [5.74, 6) is 0.408. The van der Waals surface area contributed by atoms with Gasteiger partial charge >= 0.3 is 5.82 Å². The maximum Gasteiger partial charge on any atom is 0.342 e. The average molecular weight is 247 g/mol. The molecule has 1 aromatic heterocycles. The number of thiol groups is 1. The minimum atomic E-state index is -2.48. The van der Waals surface area contributed by atoms with Crippen molar-refractivity contribution in [3.63, 3.8) is 0 Å². The van der Waals surface area contributed by atoms with Crippen molar-refractivity contribution < 1.29 is 13.3 Å². The first-order chi connectivity index (χ1) is 7.43. The van der Waals surface area contributed by atoms with Gasteiger partial charge < -0.3 is 10.1 Å². The highest BCUT2D eigenvalue weighted by Gasteiger charge is 2.18. The van der Waals surface area contributed by atoms with E-state index in [0.717, 1.165) is 0 Å². The Kier molecular flexibility index (Phi) is 3.99. The molecule has 1 unspecified atom stereocenters. The van der Waals surface area contributed by atoms with Crippen LogP contribution < -0.4 is 0 Å². The molecule has 0 fully saturated rings. The molecule has 0 saturated carbocycles. The minimum absolute atomic E-state index is 0.106. The van der Waals surface area contributed by atoms with E-state index in [-0.39, 0.29) is 12.4 Å². The Balaban J connectivity index is 2.80. The fourth-order valence-corrected chi connectivity index (χ4v) is 1.63. The van der Waals surface area contributed by atoms with Gasteiger partial charge in [0.25, 0.3) is 0 Å². The van der Waals surface area contributed by atoms with Gasteiger partial charge in [-0.25, -0.2) is 18.0 Å². The number of aryl methyl sites for hydroxylation is 1. The third kappa shape index (κ3) is 2.78. The number of nitro groups is 1. The maximum atomic E-state index is 10.6. The van der Waals surface area contributed by atoms with Gasteiger partial charge in [0.2, 0.25) is 0 Å². The predicted octanol–water partition coefficient (Wildman–Crippen LogP) is 0.490. The highest BCUT2D eigenvalue weighted by molar-refractivity contribution is 7.73. The minimum Gasteiger partial charge on any atom is -0.358 e. The van der Waals surface area contributed by atoms with Crippen LogP contribution in [-0.2, 0) is 17.2 Å². The molecule has 8 heteroatoms. The van der Waals surface area contributed by atoms with Crippen LogP contribution in [0.15, 0.2) is 6.20 Å². The van der Waals surface area contributed by atoms with Crippen LogP contribution in [0.3, 0.4) is 0 Å². The molecule has 0 aliphatic heterocycles. The van der Waals surface area contributed by atoms with Crippen LogP contribution in [-0.4, -0.2) is 28.1 Å². The lowest BCUT2D eigenvalue weighted by molar-refractivity contribution is -0.392. The summed E-state index contributed by atoms with van der Waals surface area (Å²) in [5, 5.41) is 10.1. The molecule has 16 heavy (non-hydrogen) atoms. The van der Waals surface area contributed by atoms with E-state index < -0.39 is 20.9 Å². The standard InChI is InChI=1S/C8H13N3O4S/c1-6(16(14)15)3-4-10-7(2)9-5-8(10)11(12)13/h5-6,16H,3-4H2,1-2H3. The molecule has 0 aliphatic rings. The average Bonchev–Trinajstić information content (AvgIpc) is 2.56. The van der Waals surface area contributed by atoms with Crippen LogP contribution in [0.1, 0.15) is 19.2 Å². The van der Waals surface area contributed by atoms with Gasteiger partial charge in [-0.2, -0.15) is 0 Å². The first-order valence-electron chi connectivity index (χ1n) is 4.73. The Bertz CT molecular complexity index is 458. The topological polar surface area (TPSA) is 95.1 Å². The predicted molar refractivity (Wildman–Crippen MR) is 58.0 cm³/mol. The van der Waals surface area contributed by atoms with Gasteiger partial charge in [-0.3, -0.25) is 0 Å². The monoisotopic (exact) mass is 247 g/mol. The lowest BCUT2D eigenvalue weighted by atomic mass is 10.3. The summed E-state index contributed by atoms with van der Waals surface area (Å²) in [7, 11) is -2.48. The number of hydrogen-bond acceptors (Lipinski definition) is 5. The van der Waals surface area contributed by atoms with E-state index in [1.807, 2.05) is 0 Å². The lowest BCUT2D eigenvalue weighted by Gasteiger charge is -2.04. The second-order valence-corrected chi connectivity index (χ2v) is 4.95. The Morgan fingerprint density at radius 3 is 2.75 bits per heavy atom. The van der Waals surface area contributed by atoms with E-state index in [9.17, 15) is 18.5 Å². The third-order valence-corrected chi connectivity index (χ3v) is 3.33. The zero-order chi connectivity index (χ0) is 12.3. The van der Waals surface area contributed by atoms with Crippen LogP contribution in [0.25, 0.3) is 0 Å². The second-order valence-electron chi connectivity index (χ2n) is 3.50. The Morgan fingerprint density at radius 1 is 1.62 bits per heavy atom. The van der Waals surface area contributed by atoms with E-state index >= 15 is 0 Å². The molecule has 1 heterocycles. The van der Waals surface area contributed by atoms with Crippen LogP contribution >= 0.6 is 0 Å². The largest absolute Gasteiger partial charge is 0.358 e. The normalized spacial score (nSPS) is 12.9. The van der Waals surface area contributed by atoms with E-state index in [1.165, 1.54) is 10.8 Å². The van der Waals surface area contributed by atoms with Crippen molar-refractivity contribution in [3.8, 4) is 0 Å². The Labute approximate surface area is 94.2 Å². The summed E-state index contributed by atoms with van der Waals surface area (Å²) in [5.41, 5.74) is 0. The molecule has 90 valence electrons. The van der Waals surface area contributed by atoms with Crippen molar-refractivity contribution >= 4 is 16.5 Å². The second kappa shape index (κ2) is 5.06. The number of aromatic nitrogens is 2. The van der Waals surface area contributed by atoms with Crippen LogP contribution in [0, 0.1) is 17.0 Å². The molecular weight excluding hydrogens is 234 g/mol. The van der Waals surface area contributed by atoms with E-state index in [1.54, 1.807) is 13.8 Å². The van der Waals surface area contributed by atoms with Gasteiger partial charge in [0.15, 0.2) is 5.82 Å². The Hall–Kier alpha value is -1.44. The highest BCUT2D eigenvalue weighted by Crippen LogP contribution is 2.14. The molecule has 0 bridgehead atoms. The van der Waals surface area contributed by atoms with Gasteiger partial charge in [-0.1, -0.05) is 0 Å². The zero-order valence-electron chi connectivity index (χ0n) is 8.99. The fraction of sp³-hybridized carbons (Fsp3) is 0.625. The lowest BCUT2D eigenvalue weighted by Crippen LogP contribution is -2.12. The van der Waals surface area contributed by atoms with Crippen LogP contribution in [0.4, 0.5) is 5.82 Å². The first kappa shape index (κ1) is 12.6. The van der Waals surface area contributed by atoms with E-state index in [4.69, 9.17) is 0 Å². The van der Waals surface area contributed by atoms with E-state index in [2.05, 4.69) is 4.98 Å². The SMILES string of the molecule is Cc1ncc([N+](=O)[O-])n1CCC(C)[SH](=O)=O. The molecule has 0 aliphatic carbocycles. The van der Waals surface area contributed by atoms with Crippen LogP contribution in [0.5, 0.6) is 0 Å². The maximum absolute atomic E-state index is 10.6. The first-order valence-corrected chi connectivity index (χ1v) is 5.98. The number of nitrogens with zero attached hydrogens (tertiary/aromatic N) is 3.